The van der Waals surface area contributed by atoms with Crippen molar-refractivity contribution in [1.29, 1.82) is 0 Å². The van der Waals surface area contributed by atoms with Crippen LogP contribution in [0.15, 0.2) is 6.07 Å². The van der Waals surface area contributed by atoms with Crippen LogP contribution in [0.4, 0.5) is 11.8 Å². The Morgan fingerprint density at radius 1 is 1.32 bits per heavy atom. The molecule has 5 nitrogen and oxygen atoms in total. The van der Waals surface area contributed by atoms with Gasteiger partial charge in [-0.2, -0.15) is 16.7 Å². The number of rotatable bonds is 5. The lowest BCUT2D eigenvalue weighted by atomic mass is 9.88. The van der Waals surface area contributed by atoms with Gasteiger partial charge >= 0.3 is 0 Å². The molecule has 1 aromatic rings. The molecule has 6 heteroatoms. The zero-order valence-electron chi connectivity index (χ0n) is 11.7. The molecule has 0 radical (unpaired) electrons. The molecule has 0 atom stereocenters. The molecule has 4 N–H and O–H groups in total. The third-order valence-corrected chi connectivity index (χ3v) is 5.19. The number of hydrogen-bond donors (Lipinski definition) is 3. The van der Waals surface area contributed by atoms with E-state index in [4.69, 9.17) is 5.84 Å². The number of nitrogens with two attached hydrogens (primary N) is 1. The first-order chi connectivity index (χ1) is 9.17. The Morgan fingerprint density at radius 2 is 2.05 bits per heavy atom. The second kappa shape index (κ2) is 6.43. The second-order valence-corrected chi connectivity index (χ2v) is 6.44. The molecule has 1 aromatic heterocycles. The predicted octanol–water partition coefficient (Wildman–Crippen LogP) is 2.55. The first kappa shape index (κ1) is 14.4. The maximum absolute atomic E-state index is 5.37. The number of hydrazine groups is 1. The topological polar surface area (TPSA) is 75.9 Å². The van der Waals surface area contributed by atoms with Crippen LogP contribution in [-0.4, -0.2) is 27.5 Å². The van der Waals surface area contributed by atoms with Crippen molar-refractivity contribution in [3.63, 3.8) is 0 Å². The van der Waals surface area contributed by atoms with Gasteiger partial charge < -0.3 is 5.32 Å². The fraction of sp³-hybridized carbons (Fsp3) is 0.692. The molecule has 1 aliphatic carbocycles. The molecule has 0 saturated heterocycles. The lowest BCUT2D eigenvalue weighted by Crippen LogP contribution is -2.35. The van der Waals surface area contributed by atoms with Gasteiger partial charge in [0, 0.05) is 23.1 Å². The van der Waals surface area contributed by atoms with Gasteiger partial charge in [0.15, 0.2) is 0 Å². The summed E-state index contributed by atoms with van der Waals surface area (Å²) in [7, 11) is 0. The average molecular weight is 281 g/mol. The van der Waals surface area contributed by atoms with Gasteiger partial charge in [-0.25, -0.2) is 10.8 Å². The minimum Gasteiger partial charge on any atom is -0.369 e. The first-order valence-electron chi connectivity index (χ1n) is 6.79. The summed E-state index contributed by atoms with van der Waals surface area (Å²) in [5.74, 6) is 6.68. The molecule has 0 amide bonds. The molecule has 1 saturated carbocycles. The van der Waals surface area contributed by atoms with Crippen molar-refractivity contribution in [1.82, 2.24) is 9.97 Å². The molecule has 2 rings (SSSR count). The number of nitrogens with zero attached hydrogens (tertiary/aromatic N) is 2. The fourth-order valence-corrected chi connectivity index (χ4v) is 3.54. The number of nitrogen functional groups attached to an aromatic ring is 1. The van der Waals surface area contributed by atoms with Gasteiger partial charge in [-0.05, 0) is 26.0 Å². The fourth-order valence-electron chi connectivity index (χ4n) is 2.62. The Labute approximate surface area is 119 Å². The molecule has 1 fully saturated rings. The van der Waals surface area contributed by atoms with E-state index in [-0.39, 0.29) is 0 Å². The lowest BCUT2D eigenvalue weighted by Gasteiger charge is -2.36. The predicted molar refractivity (Wildman–Crippen MR) is 82.4 cm³/mol. The van der Waals surface area contributed by atoms with Crippen molar-refractivity contribution < 1.29 is 0 Å². The Kier molecular flexibility index (Phi) is 4.87. The molecular formula is C13H23N5S. The Balaban J connectivity index is 2.02. The van der Waals surface area contributed by atoms with E-state index in [0.717, 1.165) is 18.1 Å². The van der Waals surface area contributed by atoms with Crippen LogP contribution in [0.25, 0.3) is 0 Å². The van der Waals surface area contributed by atoms with Crippen LogP contribution in [0.1, 0.15) is 37.8 Å². The molecule has 1 aliphatic rings. The summed E-state index contributed by atoms with van der Waals surface area (Å²) in [5, 5.41) is 3.45. The standard InChI is InChI=1S/C13H23N5S/c1-10-8-11(17-12(16-10)18-14)15-9-13(19-2)6-4-3-5-7-13/h8H,3-7,9,14H2,1-2H3,(H2,15,16,17,18). The molecule has 106 valence electrons. The van der Waals surface area contributed by atoms with Crippen molar-refractivity contribution >= 4 is 23.5 Å². The Bertz CT molecular complexity index is 417. The molecule has 0 spiro atoms. The first-order valence-corrected chi connectivity index (χ1v) is 8.01. The summed E-state index contributed by atoms with van der Waals surface area (Å²) in [6, 6.07) is 1.96. The van der Waals surface area contributed by atoms with E-state index in [1.165, 1.54) is 32.1 Å². The van der Waals surface area contributed by atoms with Crippen molar-refractivity contribution in [2.24, 2.45) is 5.84 Å². The van der Waals surface area contributed by atoms with Gasteiger partial charge in [-0.1, -0.05) is 19.3 Å². The van der Waals surface area contributed by atoms with E-state index >= 15 is 0 Å². The summed E-state index contributed by atoms with van der Waals surface area (Å²) in [4.78, 5) is 8.53. The van der Waals surface area contributed by atoms with Gasteiger partial charge in [-0.3, -0.25) is 5.43 Å². The summed E-state index contributed by atoms with van der Waals surface area (Å²) >= 11 is 1.98. The molecule has 0 aromatic carbocycles. The van der Waals surface area contributed by atoms with Crippen LogP contribution < -0.4 is 16.6 Å². The van der Waals surface area contributed by atoms with Crippen LogP contribution in [0.2, 0.25) is 0 Å². The maximum Gasteiger partial charge on any atom is 0.239 e. The summed E-state index contributed by atoms with van der Waals surface area (Å²) in [6.45, 7) is 2.90. The normalized spacial score (nSPS) is 18.1. The summed E-state index contributed by atoms with van der Waals surface area (Å²) in [5.41, 5.74) is 3.41. The molecular weight excluding hydrogens is 258 g/mol. The molecule has 1 heterocycles. The smallest absolute Gasteiger partial charge is 0.239 e. The van der Waals surface area contributed by atoms with Gasteiger partial charge in [0.25, 0.3) is 0 Å². The number of aromatic nitrogens is 2. The third-order valence-electron chi connectivity index (χ3n) is 3.77. The van der Waals surface area contributed by atoms with Gasteiger partial charge in [0.2, 0.25) is 5.95 Å². The SMILES string of the molecule is CSC1(CNc2cc(C)nc(NN)n2)CCCCC1. The molecule has 0 bridgehead atoms. The summed E-state index contributed by atoms with van der Waals surface area (Å²) < 4.78 is 0.355. The Morgan fingerprint density at radius 3 is 2.68 bits per heavy atom. The van der Waals surface area contributed by atoms with Gasteiger partial charge in [0.1, 0.15) is 5.82 Å². The van der Waals surface area contributed by atoms with Crippen LogP contribution in [-0.2, 0) is 0 Å². The van der Waals surface area contributed by atoms with Crippen molar-refractivity contribution in [3.8, 4) is 0 Å². The Hall–Kier alpha value is -1.01. The quantitative estimate of drug-likeness (QED) is 0.569. The van der Waals surface area contributed by atoms with Crippen molar-refractivity contribution in [3.05, 3.63) is 11.8 Å². The second-order valence-electron chi connectivity index (χ2n) is 5.16. The van der Waals surface area contributed by atoms with Crippen LogP contribution in [0.5, 0.6) is 0 Å². The number of anilines is 2. The van der Waals surface area contributed by atoms with Crippen LogP contribution >= 0.6 is 11.8 Å². The van der Waals surface area contributed by atoms with E-state index in [9.17, 15) is 0 Å². The largest absolute Gasteiger partial charge is 0.369 e. The zero-order chi connectivity index (χ0) is 13.7. The number of hydrogen-bond acceptors (Lipinski definition) is 6. The van der Waals surface area contributed by atoms with E-state index < -0.39 is 0 Å². The van der Waals surface area contributed by atoms with Gasteiger partial charge in [0.05, 0.1) is 0 Å². The monoisotopic (exact) mass is 281 g/mol. The number of thioether (sulfide) groups is 1. The highest BCUT2D eigenvalue weighted by Crippen LogP contribution is 2.38. The highest BCUT2D eigenvalue weighted by atomic mass is 32.2. The third kappa shape index (κ3) is 3.73. The minimum atomic E-state index is 0.355. The molecule has 0 unspecified atom stereocenters. The molecule has 19 heavy (non-hydrogen) atoms. The van der Waals surface area contributed by atoms with E-state index in [1.54, 1.807) is 0 Å². The summed E-state index contributed by atoms with van der Waals surface area (Å²) in [6.07, 6.45) is 8.82. The highest BCUT2D eigenvalue weighted by Gasteiger charge is 2.30. The van der Waals surface area contributed by atoms with E-state index in [0.29, 0.717) is 10.7 Å². The van der Waals surface area contributed by atoms with Crippen molar-refractivity contribution in [2.75, 3.05) is 23.5 Å². The number of nitrogens with one attached hydrogen (secondary N) is 2. The zero-order valence-corrected chi connectivity index (χ0v) is 12.5. The van der Waals surface area contributed by atoms with Crippen LogP contribution in [0.3, 0.4) is 0 Å². The van der Waals surface area contributed by atoms with Gasteiger partial charge in [-0.15, -0.1) is 0 Å². The van der Waals surface area contributed by atoms with Crippen molar-refractivity contribution in [2.45, 2.75) is 43.8 Å². The lowest BCUT2D eigenvalue weighted by molar-refractivity contribution is 0.411. The average Bonchev–Trinajstić information content (AvgIpc) is 2.45. The highest BCUT2D eigenvalue weighted by molar-refractivity contribution is 8.00. The van der Waals surface area contributed by atoms with Crippen LogP contribution in [0, 0.1) is 6.92 Å². The maximum atomic E-state index is 5.37. The molecule has 0 aliphatic heterocycles. The van der Waals surface area contributed by atoms with E-state index in [1.807, 2.05) is 24.8 Å². The minimum absolute atomic E-state index is 0.355. The van der Waals surface area contributed by atoms with E-state index in [2.05, 4.69) is 27.0 Å². The number of aryl methyl sites for hydroxylation is 1.